The second-order valence-electron chi connectivity index (χ2n) is 11.4. The molecule has 5 atom stereocenters. The van der Waals surface area contributed by atoms with Gasteiger partial charge in [-0.05, 0) is 44.5 Å². The van der Waals surface area contributed by atoms with Crippen LogP contribution in [-0.2, 0) is 26.6 Å². The molecule has 1 aromatic rings. The van der Waals surface area contributed by atoms with Gasteiger partial charge in [0, 0.05) is 27.4 Å². The monoisotopic (exact) mass is 470 g/mol. The molecule has 0 spiro atoms. The molecule has 180 valence electrons. The molecule has 1 rings (SSSR count). The lowest BCUT2D eigenvalue weighted by atomic mass is 9.90. The van der Waals surface area contributed by atoms with Crippen molar-refractivity contribution < 1.29 is 18.5 Å². The van der Waals surface area contributed by atoms with Gasteiger partial charge in [0.15, 0.2) is 8.32 Å². The highest BCUT2D eigenvalue weighted by molar-refractivity contribution is 7.86. The maximum atomic E-state index is 12.6. The minimum Gasteiger partial charge on any atom is -0.413 e. The van der Waals surface area contributed by atoms with Crippen LogP contribution in [0.15, 0.2) is 30.3 Å². The molecule has 0 unspecified atom stereocenters. The van der Waals surface area contributed by atoms with E-state index in [0.29, 0.717) is 13.2 Å². The van der Waals surface area contributed by atoms with Crippen molar-refractivity contribution in [3.8, 4) is 0 Å². The summed E-state index contributed by atoms with van der Waals surface area (Å²) in [5, 5.41) is 11.0. The predicted molar refractivity (Wildman–Crippen MR) is 135 cm³/mol. The number of aliphatic hydroxyl groups excluding tert-OH is 1. The lowest BCUT2D eigenvalue weighted by molar-refractivity contribution is -0.0217. The van der Waals surface area contributed by atoms with E-state index in [9.17, 15) is 9.32 Å². The normalized spacial score (nSPS) is 18.3. The third-order valence-electron chi connectivity index (χ3n) is 6.42. The van der Waals surface area contributed by atoms with E-state index in [1.807, 2.05) is 45.9 Å². The van der Waals surface area contributed by atoms with Crippen molar-refractivity contribution in [2.75, 3.05) is 12.4 Å². The first-order valence-corrected chi connectivity index (χ1v) is 15.6. The third-order valence-corrected chi connectivity index (χ3v) is 12.9. The summed E-state index contributed by atoms with van der Waals surface area (Å²) in [7, 11) is -3.18. The van der Waals surface area contributed by atoms with Crippen molar-refractivity contribution in [3.05, 3.63) is 35.9 Å². The Morgan fingerprint density at radius 2 is 1.58 bits per heavy atom. The Morgan fingerprint density at radius 1 is 1.03 bits per heavy atom. The van der Waals surface area contributed by atoms with Gasteiger partial charge in [0.25, 0.3) is 0 Å². The molecule has 0 saturated carbocycles. The second kappa shape index (κ2) is 11.6. The maximum absolute atomic E-state index is 12.6. The molecule has 0 bridgehead atoms. The highest BCUT2D eigenvalue weighted by Gasteiger charge is 2.43. The molecule has 0 radical (unpaired) electrons. The van der Waals surface area contributed by atoms with Crippen LogP contribution in [0.4, 0.5) is 0 Å². The molecule has 0 saturated heterocycles. The fourth-order valence-corrected chi connectivity index (χ4v) is 5.66. The molecule has 0 heterocycles. The van der Waals surface area contributed by atoms with Crippen LogP contribution < -0.4 is 0 Å². The standard InChI is InChI=1S/C25H46O4SSi/c1-19(16-28-17-21-14-12-11-13-15-21)23(29-31(9,10)25(6,7)8)20(2)22(26)18-30(27)24(3,4)5/h11-15,19-20,22-23,26H,16-18H2,1-10H3/t19-,20-,22+,23-,30+/m0/s1. The summed E-state index contributed by atoms with van der Waals surface area (Å²) in [6.45, 7) is 22.3. The van der Waals surface area contributed by atoms with Crippen LogP contribution in [0.3, 0.4) is 0 Å². The van der Waals surface area contributed by atoms with Gasteiger partial charge in [-0.2, -0.15) is 0 Å². The van der Waals surface area contributed by atoms with Crippen LogP contribution in [0, 0.1) is 11.8 Å². The van der Waals surface area contributed by atoms with Crippen LogP contribution in [0.25, 0.3) is 0 Å². The van der Waals surface area contributed by atoms with E-state index < -0.39 is 25.2 Å². The van der Waals surface area contributed by atoms with E-state index >= 15 is 0 Å². The Kier molecular flexibility index (Phi) is 10.6. The highest BCUT2D eigenvalue weighted by atomic mass is 32.2. The topological polar surface area (TPSA) is 55.8 Å². The van der Waals surface area contributed by atoms with E-state index in [1.165, 1.54) is 0 Å². The predicted octanol–water partition coefficient (Wildman–Crippen LogP) is 5.77. The molecule has 0 fully saturated rings. The smallest absolute Gasteiger partial charge is 0.192 e. The first-order chi connectivity index (χ1) is 14.1. The molecule has 0 aliphatic rings. The Bertz CT molecular complexity index is 679. The van der Waals surface area contributed by atoms with Crippen molar-refractivity contribution in [1.82, 2.24) is 0 Å². The zero-order chi connectivity index (χ0) is 24.0. The summed E-state index contributed by atoms with van der Waals surface area (Å²) in [5.41, 5.74) is 1.14. The molecule has 0 aliphatic heterocycles. The summed E-state index contributed by atoms with van der Waals surface area (Å²) >= 11 is 0. The second-order valence-corrected chi connectivity index (χ2v) is 18.4. The van der Waals surface area contributed by atoms with Gasteiger partial charge in [-0.15, -0.1) is 0 Å². The van der Waals surface area contributed by atoms with E-state index in [0.717, 1.165) is 5.56 Å². The number of aliphatic hydroxyl groups is 1. The SMILES string of the molecule is C[C@H]([C@@H](O[Si](C)(C)C(C)(C)C)[C@@H](C)COCc1ccccc1)[C@H](O)C[S@@](=O)C(C)(C)C. The van der Waals surface area contributed by atoms with Gasteiger partial charge in [-0.25, -0.2) is 0 Å². The molecule has 0 amide bonds. The maximum Gasteiger partial charge on any atom is 0.192 e. The summed E-state index contributed by atoms with van der Waals surface area (Å²) < 4.78 is 25.1. The minimum atomic E-state index is -2.06. The highest BCUT2D eigenvalue weighted by Crippen LogP contribution is 2.39. The van der Waals surface area contributed by atoms with Crippen molar-refractivity contribution in [2.24, 2.45) is 11.8 Å². The van der Waals surface area contributed by atoms with Gasteiger partial charge in [0.1, 0.15) is 0 Å². The zero-order valence-corrected chi connectivity index (χ0v) is 23.2. The van der Waals surface area contributed by atoms with Gasteiger partial charge < -0.3 is 14.3 Å². The Hall–Kier alpha value is -0.533. The van der Waals surface area contributed by atoms with Gasteiger partial charge >= 0.3 is 0 Å². The van der Waals surface area contributed by atoms with Crippen molar-refractivity contribution >= 4 is 19.1 Å². The average molecular weight is 471 g/mol. The minimum absolute atomic E-state index is 0.0643. The molecule has 31 heavy (non-hydrogen) atoms. The van der Waals surface area contributed by atoms with Crippen LogP contribution in [0.1, 0.15) is 61.0 Å². The number of benzene rings is 1. The van der Waals surface area contributed by atoms with Gasteiger partial charge in [-0.3, -0.25) is 4.21 Å². The lowest BCUT2D eigenvalue weighted by Gasteiger charge is -2.43. The van der Waals surface area contributed by atoms with Crippen molar-refractivity contribution in [1.29, 1.82) is 0 Å². The number of hydrogen-bond donors (Lipinski definition) is 1. The quantitative estimate of drug-likeness (QED) is 0.417. The van der Waals surface area contributed by atoms with Gasteiger partial charge in [0.05, 0.1) is 31.2 Å². The summed E-state index contributed by atoms with van der Waals surface area (Å²) in [5.74, 6) is 0.223. The van der Waals surface area contributed by atoms with Gasteiger partial charge in [0.2, 0.25) is 0 Å². The van der Waals surface area contributed by atoms with E-state index in [2.05, 4.69) is 52.9 Å². The Morgan fingerprint density at radius 3 is 2.06 bits per heavy atom. The van der Waals surface area contributed by atoms with Crippen LogP contribution in [0.2, 0.25) is 18.1 Å². The van der Waals surface area contributed by atoms with Crippen LogP contribution in [-0.4, -0.2) is 46.9 Å². The van der Waals surface area contributed by atoms with E-state index in [4.69, 9.17) is 9.16 Å². The van der Waals surface area contributed by atoms with Crippen molar-refractivity contribution in [2.45, 2.75) is 97.1 Å². The van der Waals surface area contributed by atoms with Gasteiger partial charge in [-0.1, -0.05) is 65.0 Å². The summed E-state index contributed by atoms with van der Waals surface area (Å²) in [6.07, 6.45) is -0.852. The third kappa shape index (κ3) is 9.08. The van der Waals surface area contributed by atoms with E-state index in [-0.39, 0.29) is 33.5 Å². The summed E-state index contributed by atoms with van der Waals surface area (Å²) in [6, 6.07) is 10.1. The van der Waals surface area contributed by atoms with E-state index in [1.54, 1.807) is 0 Å². The Balaban J connectivity index is 2.94. The zero-order valence-electron chi connectivity index (χ0n) is 21.4. The molecular formula is C25H46O4SSi. The average Bonchev–Trinajstić information content (AvgIpc) is 2.64. The number of hydrogen-bond acceptors (Lipinski definition) is 4. The number of ether oxygens (including phenoxy) is 1. The van der Waals surface area contributed by atoms with Crippen LogP contribution in [0.5, 0.6) is 0 Å². The van der Waals surface area contributed by atoms with Crippen molar-refractivity contribution in [3.63, 3.8) is 0 Å². The molecule has 0 aliphatic carbocycles. The summed E-state index contributed by atoms with van der Waals surface area (Å²) in [4.78, 5) is 0. The van der Waals surface area contributed by atoms with Crippen LogP contribution >= 0.6 is 0 Å². The molecular weight excluding hydrogens is 424 g/mol. The number of rotatable bonds is 11. The molecule has 1 N–H and O–H groups in total. The first-order valence-electron chi connectivity index (χ1n) is 11.4. The molecule has 0 aromatic heterocycles. The molecule has 4 nitrogen and oxygen atoms in total. The molecule has 1 aromatic carbocycles. The Labute approximate surface area is 194 Å². The fourth-order valence-electron chi connectivity index (χ4n) is 3.07. The molecule has 6 heteroatoms. The fraction of sp³-hybridized carbons (Fsp3) is 0.760. The largest absolute Gasteiger partial charge is 0.413 e. The first kappa shape index (κ1) is 28.5. The lowest BCUT2D eigenvalue weighted by Crippen LogP contribution is -2.50.